The maximum Gasteiger partial charge on any atom is 0.305 e. The van der Waals surface area contributed by atoms with Gasteiger partial charge in [-0.15, -0.1) is 0 Å². The molecule has 6 nitrogen and oxygen atoms in total. The van der Waals surface area contributed by atoms with E-state index in [1.807, 2.05) is 6.08 Å². The Labute approximate surface area is 537 Å². The zero-order valence-electron chi connectivity index (χ0n) is 57.8. The highest BCUT2D eigenvalue weighted by Gasteiger charge is 2.18. The lowest BCUT2D eigenvalue weighted by Crippen LogP contribution is -2.45. The van der Waals surface area contributed by atoms with Gasteiger partial charge in [-0.1, -0.05) is 364 Å². The largest absolute Gasteiger partial charge is 0.466 e. The van der Waals surface area contributed by atoms with Gasteiger partial charge in [-0.3, -0.25) is 9.59 Å². The van der Waals surface area contributed by atoms with Crippen molar-refractivity contribution in [2.24, 2.45) is 0 Å². The summed E-state index contributed by atoms with van der Waals surface area (Å²) in [5.41, 5.74) is 0. The number of carbonyl (C=O) groups excluding carboxylic acids is 2. The fraction of sp³-hybridized carbons (Fsp3) is 0.850. The molecule has 0 spiro atoms. The molecule has 0 rings (SSSR count). The lowest BCUT2D eigenvalue weighted by atomic mass is 10.0. The maximum atomic E-state index is 12.5. The first kappa shape index (κ1) is 83.6. The SMILES string of the molecule is CCCCC/C=C\C/C=C\CCCCCCCCCCCC(=O)OCCCCCCCCCCC/C=C\C/C=C\CCCCCCCCCCCC(=O)NC(CO)C(O)/C=C/CCCCCCCCCCCCCCCCCCCCCCCCC. The first-order valence-electron chi connectivity index (χ1n) is 38.6. The molecule has 0 aromatic rings. The topological polar surface area (TPSA) is 95.9 Å². The van der Waals surface area contributed by atoms with E-state index in [0.29, 0.717) is 19.4 Å². The fourth-order valence-corrected chi connectivity index (χ4v) is 11.9. The predicted molar refractivity (Wildman–Crippen MR) is 379 cm³/mol. The van der Waals surface area contributed by atoms with E-state index < -0.39 is 12.1 Å². The van der Waals surface area contributed by atoms with E-state index in [2.05, 4.69) is 67.8 Å². The van der Waals surface area contributed by atoms with Crippen molar-refractivity contribution in [2.75, 3.05) is 13.2 Å². The minimum absolute atomic E-state index is 0.00509. The summed E-state index contributed by atoms with van der Waals surface area (Å²) in [6.07, 6.45) is 100. The van der Waals surface area contributed by atoms with Crippen LogP contribution in [-0.4, -0.2) is 47.4 Å². The molecule has 0 fully saturated rings. The molecule has 1 amide bonds. The van der Waals surface area contributed by atoms with Crippen LogP contribution >= 0.6 is 0 Å². The van der Waals surface area contributed by atoms with Crippen LogP contribution in [0.1, 0.15) is 412 Å². The van der Waals surface area contributed by atoms with Crippen LogP contribution in [0.2, 0.25) is 0 Å². The van der Waals surface area contributed by atoms with E-state index in [1.54, 1.807) is 6.08 Å². The number of rotatable bonds is 72. The Morgan fingerprint density at radius 2 is 0.581 bits per heavy atom. The first-order chi connectivity index (χ1) is 42.5. The highest BCUT2D eigenvalue weighted by molar-refractivity contribution is 5.76. The molecule has 0 radical (unpaired) electrons. The van der Waals surface area contributed by atoms with Crippen molar-refractivity contribution in [3.05, 3.63) is 60.8 Å². The second-order valence-corrected chi connectivity index (χ2v) is 26.3. The summed E-state index contributed by atoms with van der Waals surface area (Å²) in [5, 5.41) is 23.3. The average Bonchev–Trinajstić information content (AvgIpc) is 3.53. The van der Waals surface area contributed by atoms with Gasteiger partial charge in [-0.25, -0.2) is 0 Å². The molecule has 0 saturated carbocycles. The normalized spacial score (nSPS) is 12.8. The number of nitrogens with one attached hydrogen (secondary N) is 1. The predicted octanol–water partition coefficient (Wildman–Crippen LogP) is 25.4. The number of aliphatic hydroxyl groups excluding tert-OH is 2. The van der Waals surface area contributed by atoms with Gasteiger partial charge in [-0.05, 0) is 96.3 Å². The Hall–Kier alpha value is -2.44. The van der Waals surface area contributed by atoms with Crippen LogP contribution in [0.15, 0.2) is 60.8 Å². The number of amides is 1. The molecule has 0 aliphatic carbocycles. The second kappa shape index (κ2) is 75.0. The number of ether oxygens (including phenoxy) is 1. The standard InChI is InChI=1S/C80H149NO5/c1-3-5-7-9-11-13-15-17-19-21-23-24-25-27-30-33-37-40-44-48-52-56-60-64-68-72-78(83)77(76-82)81-79(84)73-69-65-61-57-53-49-45-41-38-34-31-28-26-29-32-35-39-43-47-51-55-59-63-67-71-75-86-80(85)74-70-66-62-58-54-50-46-42-36-22-20-18-16-14-12-10-8-6-4-2/h12,14,18,20,28-29,31-32,68,72,77-78,82-83H,3-11,13,15-17,19,21-27,30,33-67,69-71,73-76H2,1-2H3,(H,81,84)/b14-12-,20-18-,31-28-,32-29-,72-68+. The number of aliphatic hydroxyl groups is 2. The molecule has 0 bridgehead atoms. The van der Waals surface area contributed by atoms with Gasteiger partial charge in [-0.2, -0.15) is 0 Å². The Bertz CT molecular complexity index is 1480. The van der Waals surface area contributed by atoms with Crippen molar-refractivity contribution in [1.82, 2.24) is 5.32 Å². The third kappa shape index (κ3) is 70.6. The van der Waals surface area contributed by atoms with Crippen LogP contribution in [0, 0.1) is 0 Å². The number of hydrogen-bond donors (Lipinski definition) is 3. The molecule has 0 aliphatic heterocycles. The summed E-state index contributed by atoms with van der Waals surface area (Å²) in [5.74, 6) is -0.0654. The van der Waals surface area contributed by atoms with Gasteiger partial charge in [0.15, 0.2) is 0 Å². The Morgan fingerprint density at radius 1 is 0.326 bits per heavy atom. The molecule has 86 heavy (non-hydrogen) atoms. The van der Waals surface area contributed by atoms with Gasteiger partial charge >= 0.3 is 5.97 Å². The number of carbonyl (C=O) groups is 2. The number of esters is 1. The molecular weight excluding hydrogens is 1050 g/mol. The highest BCUT2D eigenvalue weighted by Crippen LogP contribution is 2.19. The van der Waals surface area contributed by atoms with Crippen molar-refractivity contribution >= 4 is 11.9 Å². The van der Waals surface area contributed by atoms with Crippen LogP contribution < -0.4 is 5.32 Å². The first-order valence-corrected chi connectivity index (χ1v) is 38.6. The van der Waals surface area contributed by atoms with E-state index in [0.717, 1.165) is 57.8 Å². The third-order valence-corrected chi connectivity index (χ3v) is 17.8. The maximum absolute atomic E-state index is 12.5. The summed E-state index contributed by atoms with van der Waals surface area (Å²) >= 11 is 0. The minimum Gasteiger partial charge on any atom is -0.466 e. The van der Waals surface area contributed by atoms with E-state index in [-0.39, 0.29) is 18.5 Å². The summed E-state index contributed by atoms with van der Waals surface area (Å²) in [6.45, 7) is 4.91. The third-order valence-electron chi connectivity index (χ3n) is 17.8. The smallest absolute Gasteiger partial charge is 0.305 e. The molecule has 0 saturated heterocycles. The van der Waals surface area contributed by atoms with Crippen molar-refractivity contribution in [2.45, 2.75) is 424 Å². The summed E-state index contributed by atoms with van der Waals surface area (Å²) in [6, 6.07) is -0.636. The molecule has 3 N–H and O–H groups in total. The summed E-state index contributed by atoms with van der Waals surface area (Å²) in [7, 11) is 0. The monoisotopic (exact) mass is 1200 g/mol. The quantitative estimate of drug-likeness (QED) is 0.0320. The molecular formula is C80H149NO5. The Kier molecular flexibility index (Phi) is 72.9. The Morgan fingerprint density at radius 3 is 0.907 bits per heavy atom. The lowest BCUT2D eigenvalue weighted by molar-refractivity contribution is -0.143. The molecule has 504 valence electrons. The van der Waals surface area contributed by atoms with Crippen molar-refractivity contribution in [1.29, 1.82) is 0 Å². The molecule has 2 unspecified atom stereocenters. The zero-order valence-corrected chi connectivity index (χ0v) is 57.8. The van der Waals surface area contributed by atoms with Crippen LogP contribution in [-0.2, 0) is 14.3 Å². The van der Waals surface area contributed by atoms with E-state index in [9.17, 15) is 19.8 Å². The number of hydrogen-bond acceptors (Lipinski definition) is 5. The van der Waals surface area contributed by atoms with E-state index in [1.165, 1.54) is 327 Å². The van der Waals surface area contributed by atoms with Gasteiger partial charge in [0, 0.05) is 12.8 Å². The lowest BCUT2D eigenvalue weighted by Gasteiger charge is -2.20. The van der Waals surface area contributed by atoms with Crippen LogP contribution in [0.3, 0.4) is 0 Å². The minimum atomic E-state index is -0.852. The molecule has 6 heteroatoms. The Balaban J connectivity index is 3.45. The molecule has 0 aliphatic rings. The highest BCUT2D eigenvalue weighted by atomic mass is 16.5. The molecule has 0 aromatic carbocycles. The summed E-state index contributed by atoms with van der Waals surface area (Å²) in [4.78, 5) is 24.7. The number of unbranched alkanes of at least 4 members (excludes halogenated alkanes) is 53. The molecule has 2 atom stereocenters. The van der Waals surface area contributed by atoms with Gasteiger partial charge < -0.3 is 20.3 Å². The number of allylic oxidation sites excluding steroid dienone is 9. The van der Waals surface area contributed by atoms with Crippen LogP contribution in [0.25, 0.3) is 0 Å². The zero-order chi connectivity index (χ0) is 62.0. The van der Waals surface area contributed by atoms with Gasteiger partial charge in [0.05, 0.1) is 25.4 Å². The fourth-order valence-electron chi connectivity index (χ4n) is 11.9. The van der Waals surface area contributed by atoms with E-state index in [4.69, 9.17) is 4.74 Å². The van der Waals surface area contributed by atoms with Crippen molar-refractivity contribution in [3.8, 4) is 0 Å². The average molecular weight is 1210 g/mol. The van der Waals surface area contributed by atoms with Crippen molar-refractivity contribution in [3.63, 3.8) is 0 Å². The molecule has 0 aromatic heterocycles. The van der Waals surface area contributed by atoms with Crippen LogP contribution in [0.4, 0.5) is 0 Å². The van der Waals surface area contributed by atoms with Gasteiger partial charge in [0.1, 0.15) is 0 Å². The second-order valence-electron chi connectivity index (χ2n) is 26.3. The van der Waals surface area contributed by atoms with Crippen LogP contribution in [0.5, 0.6) is 0 Å². The summed E-state index contributed by atoms with van der Waals surface area (Å²) < 4.78 is 5.50. The molecule has 0 heterocycles. The van der Waals surface area contributed by atoms with E-state index >= 15 is 0 Å². The van der Waals surface area contributed by atoms with Gasteiger partial charge in [0.25, 0.3) is 0 Å². The van der Waals surface area contributed by atoms with Crippen molar-refractivity contribution < 1.29 is 24.5 Å². The van der Waals surface area contributed by atoms with Gasteiger partial charge in [0.2, 0.25) is 5.91 Å².